The first-order valence-corrected chi connectivity index (χ1v) is 10.8. The molecule has 0 aromatic heterocycles. The summed E-state index contributed by atoms with van der Waals surface area (Å²) >= 11 is 0. The lowest BCUT2D eigenvalue weighted by atomic mass is 9.75. The van der Waals surface area contributed by atoms with Gasteiger partial charge in [0.25, 0.3) is 0 Å². The van der Waals surface area contributed by atoms with Crippen LogP contribution in [0.5, 0.6) is 0 Å². The van der Waals surface area contributed by atoms with Crippen LogP contribution >= 0.6 is 0 Å². The van der Waals surface area contributed by atoms with Crippen LogP contribution in [0.2, 0.25) is 0 Å². The molecule has 0 radical (unpaired) electrons. The first kappa shape index (κ1) is 29.2. The summed E-state index contributed by atoms with van der Waals surface area (Å²) in [5, 5.41) is 21.1. The van der Waals surface area contributed by atoms with E-state index in [1.807, 2.05) is 13.8 Å². The van der Waals surface area contributed by atoms with Crippen LogP contribution in [0, 0.1) is 0 Å². The van der Waals surface area contributed by atoms with Gasteiger partial charge in [0.15, 0.2) is 5.78 Å². The monoisotopic (exact) mass is 450 g/mol. The summed E-state index contributed by atoms with van der Waals surface area (Å²) in [6.45, 7) is 3.86. The van der Waals surface area contributed by atoms with Crippen molar-refractivity contribution in [2.24, 2.45) is 0 Å². The highest BCUT2D eigenvalue weighted by Gasteiger charge is 2.55. The number of hydrogen-bond acceptors (Lipinski definition) is 3. The molecule has 0 saturated heterocycles. The zero-order valence-corrected chi connectivity index (χ0v) is 18.0. The van der Waals surface area contributed by atoms with Crippen molar-refractivity contribution in [1.29, 1.82) is 0 Å². The minimum Gasteiger partial charge on any atom is -0.382 e. The van der Waals surface area contributed by atoms with E-state index in [0.29, 0.717) is 25.7 Å². The number of ketones is 1. The van der Waals surface area contributed by atoms with Gasteiger partial charge in [-0.25, -0.2) is 0 Å². The molecule has 0 rings (SSSR count). The fourth-order valence-corrected chi connectivity index (χ4v) is 3.70. The van der Waals surface area contributed by atoms with E-state index in [4.69, 9.17) is 0 Å². The van der Waals surface area contributed by atoms with Crippen LogP contribution in [-0.4, -0.2) is 39.6 Å². The summed E-state index contributed by atoms with van der Waals surface area (Å²) in [4.78, 5) is 12.8. The van der Waals surface area contributed by atoms with Gasteiger partial charge in [-0.2, -0.15) is 26.3 Å². The number of halogens is 6. The fourth-order valence-electron chi connectivity index (χ4n) is 3.70. The Morgan fingerprint density at radius 2 is 0.900 bits per heavy atom. The van der Waals surface area contributed by atoms with E-state index >= 15 is 0 Å². The van der Waals surface area contributed by atoms with Gasteiger partial charge < -0.3 is 10.2 Å². The van der Waals surface area contributed by atoms with Crippen molar-refractivity contribution in [2.75, 3.05) is 0 Å². The molecule has 0 aromatic rings. The molecule has 3 nitrogen and oxygen atoms in total. The largest absolute Gasteiger partial charge is 0.392 e. The lowest BCUT2D eigenvalue weighted by Gasteiger charge is -2.37. The second kappa shape index (κ2) is 12.9. The van der Waals surface area contributed by atoms with Crippen LogP contribution in [-0.2, 0) is 4.79 Å². The van der Waals surface area contributed by atoms with Gasteiger partial charge in [-0.1, -0.05) is 78.1 Å². The number of hydrogen-bond donors (Lipinski definition) is 2. The molecule has 0 saturated carbocycles. The van der Waals surface area contributed by atoms with Crippen molar-refractivity contribution >= 4 is 5.78 Å². The number of carbonyl (C=O) groups is 1. The summed E-state index contributed by atoms with van der Waals surface area (Å²) in [5.41, 5.74) is -6.15. The second-order valence-electron chi connectivity index (χ2n) is 8.30. The smallest absolute Gasteiger partial charge is 0.382 e. The highest BCUT2D eigenvalue weighted by Crippen LogP contribution is 2.40. The SMILES string of the molecule is CCCCCCCC(O)(CC(F)(F)F)C(=O)C(O)(CCCCCCC)CC(F)(F)F. The standard InChI is InChI=1S/C21H36F6O3/c1-3-5-7-9-11-13-18(29,15-20(22,23)24)17(28)19(30,16-21(25,26)27)14-12-10-8-6-4-2/h29-30H,3-16H2,1-2H3. The maximum atomic E-state index is 13.0. The second-order valence-corrected chi connectivity index (χ2v) is 8.30. The third kappa shape index (κ3) is 12.1. The van der Waals surface area contributed by atoms with Crippen LogP contribution in [0.4, 0.5) is 26.3 Å². The Morgan fingerprint density at radius 1 is 0.600 bits per heavy atom. The molecule has 0 aliphatic rings. The van der Waals surface area contributed by atoms with Gasteiger partial charge in [0.2, 0.25) is 0 Å². The summed E-state index contributed by atoms with van der Waals surface area (Å²) < 4.78 is 78.3. The molecule has 30 heavy (non-hydrogen) atoms. The maximum absolute atomic E-state index is 13.0. The lowest BCUT2D eigenvalue weighted by molar-refractivity contribution is -0.209. The number of rotatable bonds is 16. The highest BCUT2D eigenvalue weighted by atomic mass is 19.4. The maximum Gasteiger partial charge on any atom is 0.392 e. The molecule has 0 aromatic carbocycles. The number of aliphatic hydroxyl groups is 2. The molecule has 0 bridgehead atoms. The zero-order chi connectivity index (χ0) is 23.5. The predicted molar refractivity (Wildman–Crippen MR) is 103 cm³/mol. The van der Waals surface area contributed by atoms with Gasteiger partial charge >= 0.3 is 12.4 Å². The summed E-state index contributed by atoms with van der Waals surface area (Å²) in [6.07, 6.45) is -9.41. The molecule has 0 amide bonds. The topological polar surface area (TPSA) is 57.5 Å². The van der Waals surface area contributed by atoms with Crippen molar-refractivity contribution in [2.45, 2.75) is 127 Å². The fraction of sp³-hybridized carbons (Fsp3) is 0.952. The lowest BCUT2D eigenvalue weighted by Crippen LogP contribution is -2.56. The molecule has 2 unspecified atom stereocenters. The Balaban J connectivity index is 5.53. The van der Waals surface area contributed by atoms with Crippen LogP contribution in [0.1, 0.15) is 104 Å². The predicted octanol–water partition coefficient (Wildman–Crippen LogP) is 6.64. The molecule has 180 valence electrons. The van der Waals surface area contributed by atoms with Crippen molar-refractivity contribution in [3.05, 3.63) is 0 Å². The summed E-state index contributed by atoms with van der Waals surface area (Å²) in [7, 11) is 0. The van der Waals surface area contributed by atoms with E-state index in [2.05, 4.69) is 0 Å². The van der Waals surface area contributed by atoms with E-state index < -0.39 is 55.0 Å². The third-order valence-corrected chi connectivity index (χ3v) is 5.22. The van der Waals surface area contributed by atoms with E-state index in [0.717, 1.165) is 25.7 Å². The van der Waals surface area contributed by atoms with Crippen LogP contribution in [0.15, 0.2) is 0 Å². The molecular weight excluding hydrogens is 414 g/mol. The Bertz CT molecular complexity index is 450. The van der Waals surface area contributed by atoms with Gasteiger partial charge in [-0.05, 0) is 12.8 Å². The first-order chi connectivity index (χ1) is 13.7. The minimum absolute atomic E-state index is 0.0525. The number of alkyl halides is 6. The van der Waals surface area contributed by atoms with Gasteiger partial charge in [0.05, 0.1) is 12.8 Å². The quantitative estimate of drug-likeness (QED) is 0.205. The van der Waals surface area contributed by atoms with Crippen molar-refractivity contribution in [1.82, 2.24) is 0 Å². The summed E-state index contributed by atoms with van der Waals surface area (Å²) in [5.74, 6) is -1.77. The molecule has 9 heteroatoms. The number of carbonyl (C=O) groups excluding carboxylic acids is 1. The highest BCUT2D eigenvalue weighted by molar-refractivity contribution is 5.94. The van der Waals surface area contributed by atoms with E-state index in [1.54, 1.807) is 0 Å². The molecule has 0 spiro atoms. The molecule has 0 fully saturated rings. The average Bonchev–Trinajstić information content (AvgIpc) is 2.57. The number of unbranched alkanes of at least 4 members (excludes halogenated alkanes) is 8. The van der Waals surface area contributed by atoms with Crippen LogP contribution in [0.25, 0.3) is 0 Å². The first-order valence-electron chi connectivity index (χ1n) is 10.8. The minimum atomic E-state index is -4.96. The van der Waals surface area contributed by atoms with Gasteiger partial charge in [-0.3, -0.25) is 4.79 Å². The normalized spacial score (nSPS) is 16.9. The van der Waals surface area contributed by atoms with Crippen molar-refractivity contribution in [3.63, 3.8) is 0 Å². The Morgan fingerprint density at radius 3 is 1.17 bits per heavy atom. The van der Waals surface area contributed by atoms with Crippen LogP contribution < -0.4 is 0 Å². The van der Waals surface area contributed by atoms with Crippen molar-refractivity contribution in [3.8, 4) is 0 Å². The Hall–Kier alpha value is -0.830. The van der Waals surface area contributed by atoms with E-state index in [9.17, 15) is 41.4 Å². The van der Waals surface area contributed by atoms with Crippen LogP contribution in [0.3, 0.4) is 0 Å². The number of Topliss-reactive ketones (excluding diaryl/α,β-unsaturated/α-hetero) is 1. The molecule has 2 N–H and O–H groups in total. The van der Waals surface area contributed by atoms with E-state index in [-0.39, 0.29) is 12.8 Å². The zero-order valence-electron chi connectivity index (χ0n) is 18.0. The van der Waals surface area contributed by atoms with Gasteiger partial charge in [0, 0.05) is 0 Å². The molecule has 2 atom stereocenters. The molecule has 0 aliphatic heterocycles. The van der Waals surface area contributed by atoms with Gasteiger partial charge in [0.1, 0.15) is 11.2 Å². The summed E-state index contributed by atoms with van der Waals surface area (Å²) in [6, 6.07) is 0. The Kier molecular flexibility index (Phi) is 12.5. The third-order valence-electron chi connectivity index (χ3n) is 5.22. The Labute approximate surface area is 175 Å². The molecule has 0 heterocycles. The average molecular weight is 451 g/mol. The molecule has 0 aliphatic carbocycles. The van der Waals surface area contributed by atoms with E-state index in [1.165, 1.54) is 0 Å². The van der Waals surface area contributed by atoms with Gasteiger partial charge in [-0.15, -0.1) is 0 Å². The molecular formula is C21H36F6O3. The van der Waals surface area contributed by atoms with Crippen molar-refractivity contribution < 1.29 is 41.4 Å².